The Labute approximate surface area is 820 Å². The molecule has 40 heteroatoms. The number of aromatic carboxylic acids is 1. The van der Waals surface area contributed by atoms with E-state index in [1.807, 2.05) is 164 Å². The Balaban J connectivity index is -0.00000149. The van der Waals surface area contributed by atoms with Gasteiger partial charge in [0.15, 0.2) is 5.82 Å². The molecule has 0 saturated heterocycles. The quantitative estimate of drug-likeness (QED) is 0.00445. The van der Waals surface area contributed by atoms with E-state index in [2.05, 4.69) is 120 Å². The van der Waals surface area contributed by atoms with E-state index < -0.39 is 11.9 Å². The summed E-state index contributed by atoms with van der Waals surface area (Å²) in [7, 11) is 2.74. The van der Waals surface area contributed by atoms with Crippen molar-refractivity contribution in [1.82, 2.24) is 60.0 Å². The molecule has 3 aliphatic carbocycles. The maximum atomic E-state index is 12.0. The van der Waals surface area contributed by atoms with Gasteiger partial charge in [-0.05, 0) is 231 Å². The molecule has 0 aliphatic heterocycles. The molecule has 15 N–H and O–H groups in total. The first-order valence-corrected chi connectivity index (χ1v) is 39.8. The molecular weight excluding hydrogens is 1780 g/mol. The first-order valence-electron chi connectivity index (χ1n) is 39.5. The van der Waals surface area contributed by atoms with Crippen molar-refractivity contribution in [3.63, 3.8) is 0 Å². The standard InChI is InChI=1S/C19H23N5O2.C19H21N5O.C16H19N3O2.C15H17N3O2.C10H13NO2.C6H7ClN2.C4H8N2O.2CH4.Li.2H2O.5H2S/c1-11-10-21-13(3)23-18(11)22-12(2)14-4-8-16(9-5-14)19(25)26-24-17(20)15-6-7-15;1-11-10-20-13(3)22-17(11)21-12(2)14-4-8-16(9-5-14)19-23-18(24-25-19)15-6-7-15;1-10-9-17-12(3)19-15(10)18-11(2)13-5-7-14(8-6-13)16(20)21-4;1-9-8-16-11(3)18-14(9)17-10(2)12-4-6-13(7-5-12)15(19)20;1-7(11)8-3-5-9(6-4-8)10(12)13-2;1-4-3-8-5(2)9-6(4)7;5-4(6-7)3-1-2-3;;;;;;;;;;/h4-5,8-10,12,15H,6-7H2,1-3H3,(H2,20,24)(H,21,22,23);4-5,8-10,12,15H,6-7H2,1-3H3,(H,20,21,22);5-9,11H,1-4H3,(H,17,18,19);4-8,10H,1-3H3,(H,19,20)(H,16,17,18);3-7H,11H2,1-2H3;3H,1-2H3;3,7H,1-2H2,(H2,5,6);2*1H4;;7*1H2/q;;;;;;;;;+1;;;;;;;/p-1/t2*12-;11-;10-;7-;;;;;;;;;;;;/m00000............/s1. The number of carboxylic acid groups (broad SMARTS) is 1. The predicted molar refractivity (Wildman–Crippen MR) is 537 cm³/mol. The SMILES string of the molecule is C.C.COC(=O)c1ccc([C@H](C)N)cc1.COC(=O)c1ccc([C@H](C)Nc2nc(C)ncc2C)cc1.Cc1ncc(C)c(Cl)n1.Cc1ncc(C)c(N[C@@H](C)c2ccc(-c3nc(C4CC4)no3)cc2)n1.Cc1ncc(C)c(N[C@@H](C)c2ccc(C(=O)O)cc2)n1.Cc1ncc(C)c(N[C@@H](C)c2ccc(C(=O)O/N=C(\N)C3CC3)cc2)n1.N/C(=N\O)C1CC1.O.S.S.S.S.S.[Li+].[OH-]. The van der Waals surface area contributed by atoms with E-state index in [-0.39, 0.29) is 166 Å². The predicted octanol–water partition coefficient (Wildman–Crippen LogP) is 14.5. The minimum atomic E-state index is -0.917. The molecule has 708 valence electrons. The van der Waals surface area contributed by atoms with Gasteiger partial charge < -0.3 is 78.6 Å². The summed E-state index contributed by atoms with van der Waals surface area (Å²) in [6.07, 6.45) is 15.5. The number of rotatable bonds is 22. The Morgan fingerprint density at radius 2 is 0.733 bits per heavy atom. The summed E-state index contributed by atoms with van der Waals surface area (Å²) in [6.45, 7) is 29.1. The molecule has 0 spiro atoms. The average Bonchev–Trinajstić information content (AvgIpc) is 1.75. The molecule has 11 aromatic rings. The number of aromatic nitrogens is 12. The first-order chi connectivity index (χ1) is 57.7. The third-order valence-electron chi connectivity index (χ3n) is 19.2. The van der Waals surface area contributed by atoms with Crippen molar-refractivity contribution in [2.45, 2.75) is 193 Å². The van der Waals surface area contributed by atoms with Crippen LogP contribution >= 0.6 is 79.1 Å². The molecule has 0 bridgehead atoms. The van der Waals surface area contributed by atoms with E-state index >= 15 is 0 Å². The number of aryl methyl sites for hydroxylation is 10. The Kier molecular flexibility index (Phi) is 57.6. The van der Waals surface area contributed by atoms with Gasteiger partial charge in [-0.15, -0.1) is 0 Å². The molecule has 131 heavy (non-hydrogen) atoms. The summed E-state index contributed by atoms with van der Waals surface area (Å²) in [5, 5.41) is 41.6. The van der Waals surface area contributed by atoms with Crippen LogP contribution in [0.3, 0.4) is 0 Å². The van der Waals surface area contributed by atoms with Crippen molar-refractivity contribution in [1.29, 1.82) is 0 Å². The van der Waals surface area contributed by atoms with E-state index in [1.165, 1.54) is 32.6 Å². The second-order valence-corrected chi connectivity index (χ2v) is 29.9. The minimum absolute atomic E-state index is 0. The molecule has 0 unspecified atom stereocenters. The Morgan fingerprint density at radius 1 is 0.443 bits per heavy atom. The van der Waals surface area contributed by atoms with Crippen molar-refractivity contribution in [2.75, 3.05) is 35.5 Å². The topological polar surface area (TPSA) is 517 Å². The largest absolute Gasteiger partial charge is 1.00 e. The fourth-order valence-corrected chi connectivity index (χ4v) is 11.3. The van der Waals surface area contributed by atoms with Crippen LogP contribution in [0.1, 0.15) is 256 Å². The van der Waals surface area contributed by atoms with Crippen LogP contribution in [0.25, 0.3) is 11.5 Å². The Morgan fingerprint density at radius 3 is 1.01 bits per heavy atom. The second kappa shape index (κ2) is 60.8. The molecule has 0 amide bonds. The fraction of sp³-hybridized carbons (Fsp3) is 0.363. The number of nitrogens with two attached hydrogens (primary N) is 3. The number of carboxylic acids is 1. The van der Waals surface area contributed by atoms with Crippen LogP contribution in [0, 0.1) is 81.1 Å². The third-order valence-corrected chi connectivity index (χ3v) is 19.6. The third kappa shape index (κ3) is 40.3. The van der Waals surface area contributed by atoms with Crippen molar-refractivity contribution in [2.24, 2.45) is 39.3 Å². The number of hydrogen-bond acceptors (Lipinski definition) is 29. The van der Waals surface area contributed by atoms with Crippen LogP contribution < -0.4 is 57.3 Å². The van der Waals surface area contributed by atoms with Gasteiger partial charge >= 0.3 is 42.7 Å². The van der Waals surface area contributed by atoms with Crippen LogP contribution in [-0.2, 0) is 14.3 Å². The van der Waals surface area contributed by atoms with Crippen LogP contribution in [0.15, 0.2) is 167 Å². The van der Waals surface area contributed by atoms with Gasteiger partial charge in [-0.3, -0.25) is 0 Å². The summed E-state index contributed by atoms with van der Waals surface area (Å²) in [6, 6.07) is 36.9. The van der Waals surface area contributed by atoms with Crippen LogP contribution in [0.4, 0.5) is 23.3 Å². The van der Waals surface area contributed by atoms with Crippen molar-refractivity contribution >= 4 is 138 Å². The smallest absolute Gasteiger partial charge is 0.870 e. The summed E-state index contributed by atoms with van der Waals surface area (Å²) >= 11 is 5.66. The summed E-state index contributed by atoms with van der Waals surface area (Å²) in [4.78, 5) is 96.9. The van der Waals surface area contributed by atoms with Gasteiger partial charge in [0, 0.05) is 112 Å². The van der Waals surface area contributed by atoms with E-state index in [1.54, 1.807) is 73.3 Å². The van der Waals surface area contributed by atoms with Gasteiger partial charge in [0.1, 0.15) is 69.2 Å². The van der Waals surface area contributed by atoms with Crippen molar-refractivity contribution in [3.05, 3.63) is 270 Å². The minimum Gasteiger partial charge on any atom is -0.870 e. The normalized spacial score (nSPS) is 12.8. The maximum absolute atomic E-state index is 12.0. The molecule has 33 nitrogen and oxygen atoms in total. The molecule has 6 heterocycles. The Hall–Kier alpha value is -11.0. The number of carbonyl (C=O) groups is 4. The molecular formula is C91H129ClLiN21O12S5. The summed E-state index contributed by atoms with van der Waals surface area (Å²) in [5.74, 6) is 8.23. The number of amidine groups is 2. The van der Waals surface area contributed by atoms with Gasteiger partial charge in [0.25, 0.3) is 5.89 Å². The molecule has 3 aliphatic rings. The number of methoxy groups -OCH3 is 2. The second-order valence-electron chi connectivity index (χ2n) is 29.5. The zero-order chi connectivity index (χ0) is 88.1. The first kappa shape index (κ1) is 124. The van der Waals surface area contributed by atoms with E-state index in [9.17, 15) is 19.2 Å². The Bertz CT molecular complexity index is 5360. The molecule has 0 radical (unpaired) electrons. The molecule has 3 saturated carbocycles. The number of nitrogens with one attached hydrogen (secondary N) is 4. The number of ether oxygens (including phenoxy) is 2. The van der Waals surface area contributed by atoms with Gasteiger partial charge in [-0.2, -0.15) is 72.5 Å². The number of nitrogens with zero attached hydrogens (tertiary/aromatic N) is 14. The van der Waals surface area contributed by atoms with Gasteiger partial charge in [0.05, 0.1) is 36.5 Å². The number of oxime groups is 2. The monoisotopic (exact) mass is 1910 g/mol. The average molecular weight is 1910 g/mol. The van der Waals surface area contributed by atoms with E-state index in [0.717, 1.165) is 128 Å². The van der Waals surface area contributed by atoms with Crippen molar-refractivity contribution < 1.29 is 78.1 Å². The fourth-order valence-electron chi connectivity index (χ4n) is 11.1. The van der Waals surface area contributed by atoms with Crippen molar-refractivity contribution in [3.8, 4) is 11.5 Å². The van der Waals surface area contributed by atoms with E-state index in [4.69, 9.17) is 48.5 Å². The number of carbonyl (C=O) groups excluding carboxylic acids is 3. The van der Waals surface area contributed by atoms with Gasteiger partial charge in [-0.1, -0.05) is 103 Å². The molecule has 5 atom stereocenters. The number of esters is 2. The molecule has 14 rings (SSSR count). The van der Waals surface area contributed by atoms with Gasteiger partial charge in [-0.25, -0.2) is 69.0 Å². The zero-order valence-electron chi connectivity index (χ0n) is 75.8. The number of anilines is 4. The number of benzene rings is 5. The zero-order valence-corrected chi connectivity index (χ0v) is 81.5. The van der Waals surface area contributed by atoms with Crippen LogP contribution in [0.2, 0.25) is 5.15 Å². The van der Waals surface area contributed by atoms with Crippen LogP contribution in [-0.4, -0.2) is 131 Å². The van der Waals surface area contributed by atoms with Gasteiger partial charge in [0.2, 0.25) is 0 Å². The molecule has 6 aromatic heterocycles. The summed E-state index contributed by atoms with van der Waals surface area (Å²) in [5.41, 5.74) is 29.5. The number of hydrogen-bond donors (Lipinski definition) is 9. The maximum Gasteiger partial charge on any atom is 1.00 e. The molecule has 3 fully saturated rings. The van der Waals surface area contributed by atoms with E-state index in [0.29, 0.717) is 62.9 Å². The number of halogens is 1. The summed E-state index contributed by atoms with van der Waals surface area (Å²) < 4.78 is 14.6. The van der Waals surface area contributed by atoms with Crippen LogP contribution in [0.5, 0.6) is 0 Å². The molecule has 5 aromatic carbocycles.